The number of rotatable bonds is 20. The van der Waals surface area contributed by atoms with Crippen LogP contribution in [0.5, 0.6) is 0 Å². The van der Waals surface area contributed by atoms with Gasteiger partial charge in [0.25, 0.3) is 0 Å². The molecule has 0 radical (unpaired) electrons. The van der Waals surface area contributed by atoms with Crippen LogP contribution in [0.25, 0.3) is 0 Å². The maximum Gasteiger partial charge on any atom is 0.306 e. The topological polar surface area (TPSA) is 90.9 Å². The molecule has 4 aliphatic carbocycles. The Labute approximate surface area is 254 Å². The minimum atomic E-state index is -0.339. The van der Waals surface area contributed by atoms with E-state index in [1.165, 1.54) is 89.9 Å². The molecule has 4 bridgehead atoms. The Balaban J connectivity index is 1.08. The van der Waals surface area contributed by atoms with Crippen molar-refractivity contribution in [3.8, 4) is 0 Å². The molecular formula is C35H59NO6. The predicted molar refractivity (Wildman–Crippen MR) is 164 cm³/mol. The van der Waals surface area contributed by atoms with E-state index in [4.69, 9.17) is 14.2 Å². The van der Waals surface area contributed by atoms with E-state index < -0.39 is 0 Å². The molecule has 6 fully saturated rings. The number of piperidine rings is 2. The van der Waals surface area contributed by atoms with E-state index in [0.29, 0.717) is 32.2 Å². The van der Waals surface area contributed by atoms with Gasteiger partial charge in [0.2, 0.25) is 0 Å². The Bertz CT molecular complexity index is 849. The van der Waals surface area contributed by atoms with Gasteiger partial charge in [-0.05, 0) is 75.0 Å². The summed E-state index contributed by atoms with van der Waals surface area (Å²) in [5.41, 5.74) is 0.0615. The predicted octanol–water partition coefficient (Wildman–Crippen LogP) is 7.29. The van der Waals surface area contributed by atoms with Gasteiger partial charge in [0.1, 0.15) is 0 Å². The van der Waals surface area contributed by atoms with Crippen LogP contribution in [0.15, 0.2) is 0 Å². The Kier molecular flexibility index (Phi) is 12.6. The Hall–Kier alpha value is -1.63. The van der Waals surface area contributed by atoms with Crippen molar-refractivity contribution in [3.05, 3.63) is 0 Å². The van der Waals surface area contributed by atoms with Crippen molar-refractivity contribution in [2.75, 3.05) is 32.9 Å². The van der Waals surface area contributed by atoms with Crippen LogP contribution in [0.4, 0.5) is 0 Å². The zero-order valence-corrected chi connectivity index (χ0v) is 26.8. The smallest absolute Gasteiger partial charge is 0.306 e. The normalized spacial score (nSPS) is 29.6. The third-order valence-corrected chi connectivity index (χ3v) is 11.1. The minimum absolute atomic E-state index is 0.0328. The van der Waals surface area contributed by atoms with E-state index in [-0.39, 0.29) is 47.0 Å². The summed E-state index contributed by atoms with van der Waals surface area (Å²) in [6.07, 6.45) is 20.7. The summed E-state index contributed by atoms with van der Waals surface area (Å²) in [5, 5.41) is 3.48. The molecule has 0 aromatic carbocycles. The Morgan fingerprint density at radius 2 is 1.21 bits per heavy atom. The van der Waals surface area contributed by atoms with E-state index >= 15 is 0 Å². The molecule has 2 aliphatic heterocycles. The third kappa shape index (κ3) is 9.69. The van der Waals surface area contributed by atoms with Crippen molar-refractivity contribution < 1.29 is 28.6 Å². The molecule has 4 saturated carbocycles. The van der Waals surface area contributed by atoms with Gasteiger partial charge in [0, 0.05) is 23.9 Å². The summed E-state index contributed by atoms with van der Waals surface area (Å²) >= 11 is 0. The highest BCUT2D eigenvalue weighted by molar-refractivity contribution is 5.77. The number of nitrogens with one attached hydrogen (secondary N) is 1. The number of hydrogen-bond donors (Lipinski definition) is 1. The van der Waals surface area contributed by atoms with Crippen molar-refractivity contribution in [2.45, 2.75) is 142 Å². The van der Waals surface area contributed by atoms with E-state index in [1.807, 2.05) is 0 Å². The average molecular weight is 590 g/mol. The van der Waals surface area contributed by atoms with Crippen molar-refractivity contribution in [1.29, 1.82) is 0 Å². The molecule has 0 atom stereocenters. The number of esters is 3. The Morgan fingerprint density at radius 3 is 1.76 bits per heavy atom. The van der Waals surface area contributed by atoms with Crippen LogP contribution in [-0.4, -0.2) is 50.8 Å². The molecule has 6 rings (SSSR count). The molecule has 42 heavy (non-hydrogen) atoms. The second-order valence-corrected chi connectivity index (χ2v) is 14.8. The Morgan fingerprint density at radius 1 is 0.690 bits per heavy atom. The van der Waals surface area contributed by atoms with Crippen molar-refractivity contribution in [3.63, 3.8) is 0 Å². The molecule has 7 heteroatoms. The molecule has 6 aliphatic rings. The van der Waals surface area contributed by atoms with Gasteiger partial charge in [-0.1, -0.05) is 65.2 Å². The first-order chi connectivity index (χ1) is 20.3. The van der Waals surface area contributed by atoms with E-state index in [9.17, 15) is 14.4 Å². The van der Waals surface area contributed by atoms with Crippen molar-refractivity contribution in [1.82, 2.24) is 5.32 Å². The molecule has 1 N–H and O–H groups in total. The number of ether oxygens (including phenoxy) is 3. The minimum Gasteiger partial charge on any atom is -0.466 e. The van der Waals surface area contributed by atoms with E-state index in [1.54, 1.807) is 0 Å². The van der Waals surface area contributed by atoms with Gasteiger partial charge in [-0.3, -0.25) is 14.4 Å². The molecular weight excluding hydrogens is 530 g/mol. The van der Waals surface area contributed by atoms with Crippen LogP contribution in [0.3, 0.4) is 0 Å². The highest BCUT2D eigenvalue weighted by atomic mass is 16.5. The zero-order chi connectivity index (χ0) is 29.9. The maximum absolute atomic E-state index is 12.8. The van der Waals surface area contributed by atoms with Gasteiger partial charge in [-0.15, -0.1) is 0 Å². The van der Waals surface area contributed by atoms with Crippen molar-refractivity contribution >= 4 is 17.9 Å². The van der Waals surface area contributed by atoms with Gasteiger partial charge in [-0.25, -0.2) is 0 Å². The number of fused-ring (bicyclic) bond motifs is 5. The summed E-state index contributed by atoms with van der Waals surface area (Å²) in [7, 11) is 0. The lowest BCUT2D eigenvalue weighted by Gasteiger charge is -2.60. The van der Waals surface area contributed by atoms with E-state index in [2.05, 4.69) is 19.2 Å². The average Bonchev–Trinajstić information content (AvgIpc) is 2.98. The lowest BCUT2D eigenvalue weighted by molar-refractivity contribution is -0.178. The molecule has 7 nitrogen and oxygen atoms in total. The van der Waals surface area contributed by atoms with Crippen LogP contribution < -0.4 is 5.32 Å². The zero-order valence-electron chi connectivity index (χ0n) is 26.8. The summed E-state index contributed by atoms with van der Waals surface area (Å²) in [5.74, 6) is 0.831. The quantitative estimate of drug-likeness (QED) is 0.0905. The molecule has 0 amide bonds. The number of carbonyl (C=O) groups is 3. The second kappa shape index (κ2) is 15.9. The summed E-state index contributed by atoms with van der Waals surface area (Å²) in [6, 6.07) is 0. The molecule has 240 valence electrons. The highest BCUT2D eigenvalue weighted by Gasteiger charge is 2.58. The molecule has 0 aromatic rings. The standard InChI is InChI=1S/C35H59NO6/c1-3-5-7-9-28(10-8-6-4-2)16-20-40-30(37)11-12-31(38)41-26-34-22-35(23-34,25-36-24-34)27-42-32(39)21-33-17-13-29(14-18-33)15-19-33/h28-29,36H,3-27H2,1-2H3. The maximum atomic E-state index is 12.8. The van der Waals surface area contributed by atoms with Crippen LogP contribution in [0, 0.1) is 28.1 Å². The lowest BCUT2D eigenvalue weighted by Crippen LogP contribution is -2.65. The first-order valence-electron chi connectivity index (χ1n) is 17.5. The molecule has 2 saturated heterocycles. The van der Waals surface area contributed by atoms with E-state index in [0.717, 1.165) is 38.3 Å². The molecule has 0 aromatic heterocycles. The number of carbonyl (C=O) groups excluding carboxylic acids is 3. The highest BCUT2D eigenvalue weighted by Crippen LogP contribution is 2.57. The van der Waals surface area contributed by atoms with Gasteiger partial charge in [-0.2, -0.15) is 0 Å². The third-order valence-electron chi connectivity index (χ3n) is 11.1. The van der Waals surface area contributed by atoms with Crippen LogP contribution in [0.1, 0.15) is 142 Å². The fourth-order valence-electron chi connectivity index (χ4n) is 8.60. The monoisotopic (exact) mass is 589 g/mol. The fourth-order valence-corrected chi connectivity index (χ4v) is 8.60. The SMILES string of the molecule is CCCCCC(CCCCC)CCOC(=O)CCC(=O)OCC12CNCC(COC(=O)CC34CCC(CC3)CC4)(C1)C2. The first-order valence-corrected chi connectivity index (χ1v) is 17.5. The van der Waals surface area contributed by atoms with Gasteiger partial charge < -0.3 is 19.5 Å². The molecule has 2 heterocycles. The number of hydrogen-bond acceptors (Lipinski definition) is 7. The largest absolute Gasteiger partial charge is 0.466 e. The van der Waals surface area contributed by atoms with Crippen molar-refractivity contribution in [2.24, 2.45) is 28.1 Å². The van der Waals surface area contributed by atoms with Crippen LogP contribution in [0.2, 0.25) is 0 Å². The van der Waals surface area contributed by atoms with Gasteiger partial charge in [0.05, 0.1) is 39.1 Å². The fraction of sp³-hybridized carbons (Fsp3) is 0.914. The van der Waals surface area contributed by atoms with Crippen LogP contribution >= 0.6 is 0 Å². The molecule has 0 spiro atoms. The number of unbranched alkanes of at least 4 members (excludes halogenated alkanes) is 4. The first kappa shape index (κ1) is 33.3. The van der Waals surface area contributed by atoms with Gasteiger partial charge >= 0.3 is 17.9 Å². The summed E-state index contributed by atoms with van der Waals surface area (Å²) in [6.45, 7) is 7.35. The molecule has 0 unspecified atom stereocenters. The lowest BCUT2D eigenvalue weighted by atomic mass is 9.51. The van der Waals surface area contributed by atoms with Gasteiger partial charge in [0.15, 0.2) is 0 Å². The second-order valence-electron chi connectivity index (χ2n) is 14.8. The van der Waals surface area contributed by atoms with Crippen LogP contribution in [-0.2, 0) is 28.6 Å². The summed E-state index contributed by atoms with van der Waals surface area (Å²) < 4.78 is 17.0. The summed E-state index contributed by atoms with van der Waals surface area (Å²) in [4.78, 5) is 37.5.